The standard InChI is InChI=1S/C19H19N3O4S/c1-4-26-19(25)15-11(2)14-17(27-15)20-10-22(18(14)24)12(3)16(23)21-13-8-6-5-7-9-13/h5-10,12H,4H2,1-3H3,(H,21,23). The number of carbonyl (C=O) groups is 2. The highest BCUT2D eigenvalue weighted by Crippen LogP contribution is 2.27. The van der Waals surface area contributed by atoms with E-state index in [4.69, 9.17) is 4.74 Å². The van der Waals surface area contributed by atoms with Crippen molar-refractivity contribution in [3.8, 4) is 0 Å². The van der Waals surface area contributed by atoms with Crippen LogP contribution in [0, 0.1) is 6.92 Å². The van der Waals surface area contributed by atoms with Crippen molar-refractivity contribution >= 4 is 39.1 Å². The lowest BCUT2D eigenvalue weighted by Crippen LogP contribution is -2.31. The van der Waals surface area contributed by atoms with Gasteiger partial charge in [-0.2, -0.15) is 0 Å². The molecule has 8 heteroatoms. The SMILES string of the molecule is CCOC(=O)c1sc2ncn(C(C)C(=O)Nc3ccccc3)c(=O)c2c1C. The van der Waals surface area contributed by atoms with Gasteiger partial charge in [-0.15, -0.1) is 11.3 Å². The van der Waals surface area contributed by atoms with E-state index < -0.39 is 12.0 Å². The van der Waals surface area contributed by atoms with Crippen LogP contribution in [0.3, 0.4) is 0 Å². The van der Waals surface area contributed by atoms with Crippen LogP contribution >= 0.6 is 11.3 Å². The Bertz CT molecular complexity index is 1060. The Labute approximate surface area is 159 Å². The molecule has 1 N–H and O–H groups in total. The summed E-state index contributed by atoms with van der Waals surface area (Å²) < 4.78 is 6.30. The molecule has 0 aliphatic rings. The summed E-state index contributed by atoms with van der Waals surface area (Å²) in [6.45, 7) is 5.29. The van der Waals surface area contributed by atoms with Crippen molar-refractivity contribution in [2.24, 2.45) is 0 Å². The summed E-state index contributed by atoms with van der Waals surface area (Å²) in [5, 5.41) is 3.11. The maximum atomic E-state index is 12.9. The van der Waals surface area contributed by atoms with E-state index in [0.717, 1.165) is 11.3 Å². The van der Waals surface area contributed by atoms with Gasteiger partial charge in [0.1, 0.15) is 15.7 Å². The minimum absolute atomic E-state index is 0.251. The van der Waals surface area contributed by atoms with Crippen LogP contribution in [0.15, 0.2) is 41.5 Å². The molecule has 1 atom stereocenters. The zero-order valence-electron chi connectivity index (χ0n) is 15.2. The number of thiophene rings is 1. The fourth-order valence-corrected chi connectivity index (χ4v) is 3.73. The van der Waals surface area contributed by atoms with Crippen LogP contribution in [0.1, 0.15) is 35.1 Å². The summed E-state index contributed by atoms with van der Waals surface area (Å²) in [4.78, 5) is 42.6. The lowest BCUT2D eigenvalue weighted by molar-refractivity contribution is -0.118. The average molecular weight is 385 g/mol. The van der Waals surface area contributed by atoms with E-state index in [-0.39, 0.29) is 18.1 Å². The van der Waals surface area contributed by atoms with E-state index in [1.54, 1.807) is 32.9 Å². The second-order valence-electron chi connectivity index (χ2n) is 5.95. The number of para-hydroxylation sites is 1. The maximum Gasteiger partial charge on any atom is 0.348 e. The van der Waals surface area contributed by atoms with E-state index >= 15 is 0 Å². The molecule has 0 radical (unpaired) electrons. The van der Waals surface area contributed by atoms with Gasteiger partial charge in [0.05, 0.1) is 18.3 Å². The number of hydrogen-bond acceptors (Lipinski definition) is 6. The second kappa shape index (κ2) is 7.71. The number of esters is 1. The number of nitrogens with one attached hydrogen (secondary N) is 1. The van der Waals surface area contributed by atoms with E-state index in [0.29, 0.717) is 26.3 Å². The summed E-state index contributed by atoms with van der Waals surface area (Å²) in [5.41, 5.74) is 0.809. The van der Waals surface area contributed by atoms with Crippen molar-refractivity contribution in [3.05, 3.63) is 57.5 Å². The smallest absolute Gasteiger partial charge is 0.348 e. The number of carbonyl (C=O) groups excluding carboxylic acids is 2. The molecule has 1 aromatic carbocycles. The summed E-state index contributed by atoms with van der Waals surface area (Å²) in [6.07, 6.45) is 1.34. The monoisotopic (exact) mass is 385 g/mol. The quantitative estimate of drug-likeness (QED) is 0.682. The first-order valence-electron chi connectivity index (χ1n) is 8.47. The molecule has 0 fully saturated rings. The Morgan fingerprint density at radius 1 is 1.30 bits per heavy atom. The molecule has 0 saturated carbocycles. The predicted molar refractivity (Wildman–Crippen MR) is 104 cm³/mol. The molecule has 0 aliphatic carbocycles. The lowest BCUT2D eigenvalue weighted by atomic mass is 10.2. The molecule has 2 heterocycles. The molecular formula is C19H19N3O4S. The van der Waals surface area contributed by atoms with Gasteiger partial charge in [0, 0.05) is 5.69 Å². The first-order chi connectivity index (χ1) is 12.9. The van der Waals surface area contributed by atoms with Crippen LogP contribution in [0.2, 0.25) is 0 Å². The second-order valence-corrected chi connectivity index (χ2v) is 6.94. The maximum absolute atomic E-state index is 12.9. The molecule has 3 rings (SSSR count). The Morgan fingerprint density at radius 2 is 2.00 bits per heavy atom. The number of aryl methyl sites for hydroxylation is 1. The van der Waals surface area contributed by atoms with Gasteiger partial charge in [-0.1, -0.05) is 18.2 Å². The van der Waals surface area contributed by atoms with Crippen molar-refractivity contribution < 1.29 is 14.3 Å². The van der Waals surface area contributed by atoms with Gasteiger partial charge in [0.25, 0.3) is 5.56 Å². The van der Waals surface area contributed by atoms with E-state index in [9.17, 15) is 14.4 Å². The Hall–Kier alpha value is -3.00. The number of anilines is 1. The van der Waals surface area contributed by atoms with Crippen LogP contribution in [0.5, 0.6) is 0 Å². The molecule has 0 saturated heterocycles. The van der Waals surface area contributed by atoms with Gasteiger partial charge >= 0.3 is 5.97 Å². The van der Waals surface area contributed by atoms with Crippen molar-refractivity contribution in [2.75, 3.05) is 11.9 Å². The predicted octanol–water partition coefficient (Wildman–Crippen LogP) is 3.14. The lowest BCUT2D eigenvalue weighted by Gasteiger charge is -2.14. The molecule has 27 heavy (non-hydrogen) atoms. The molecule has 0 spiro atoms. The van der Waals surface area contributed by atoms with Gasteiger partial charge in [-0.05, 0) is 38.5 Å². The molecule has 7 nitrogen and oxygen atoms in total. The number of rotatable bonds is 5. The first-order valence-corrected chi connectivity index (χ1v) is 9.29. The van der Waals surface area contributed by atoms with Crippen LogP contribution in [0.25, 0.3) is 10.2 Å². The zero-order valence-corrected chi connectivity index (χ0v) is 16.0. The van der Waals surface area contributed by atoms with E-state index in [1.807, 2.05) is 18.2 Å². The molecule has 3 aromatic rings. The van der Waals surface area contributed by atoms with Crippen LogP contribution in [0.4, 0.5) is 5.69 Å². The number of amides is 1. The number of fused-ring (bicyclic) bond motifs is 1. The van der Waals surface area contributed by atoms with Crippen LogP contribution in [-0.4, -0.2) is 28.0 Å². The van der Waals surface area contributed by atoms with Gasteiger partial charge in [0.15, 0.2) is 0 Å². The Morgan fingerprint density at radius 3 is 2.67 bits per heavy atom. The Kier molecular flexibility index (Phi) is 5.36. The highest BCUT2D eigenvalue weighted by molar-refractivity contribution is 7.20. The first kappa shape index (κ1) is 18.8. The fraction of sp³-hybridized carbons (Fsp3) is 0.263. The molecule has 2 aromatic heterocycles. The third-order valence-electron chi connectivity index (χ3n) is 4.17. The number of aromatic nitrogens is 2. The summed E-state index contributed by atoms with van der Waals surface area (Å²) in [7, 11) is 0. The molecule has 1 amide bonds. The number of nitrogens with zero attached hydrogens (tertiary/aromatic N) is 2. The van der Waals surface area contributed by atoms with E-state index in [1.165, 1.54) is 10.9 Å². The molecule has 0 bridgehead atoms. The minimum Gasteiger partial charge on any atom is -0.462 e. The van der Waals surface area contributed by atoms with Gasteiger partial charge < -0.3 is 10.1 Å². The van der Waals surface area contributed by atoms with Gasteiger partial charge in [-0.25, -0.2) is 9.78 Å². The highest BCUT2D eigenvalue weighted by Gasteiger charge is 2.23. The molecular weight excluding hydrogens is 366 g/mol. The molecule has 0 aliphatic heterocycles. The third-order valence-corrected chi connectivity index (χ3v) is 5.35. The highest BCUT2D eigenvalue weighted by atomic mass is 32.1. The van der Waals surface area contributed by atoms with Crippen LogP contribution < -0.4 is 10.9 Å². The number of hydrogen-bond donors (Lipinski definition) is 1. The largest absolute Gasteiger partial charge is 0.462 e. The minimum atomic E-state index is -0.764. The van der Waals surface area contributed by atoms with Crippen molar-refractivity contribution in [3.63, 3.8) is 0 Å². The summed E-state index contributed by atoms with van der Waals surface area (Å²) in [5.74, 6) is -0.804. The van der Waals surface area contributed by atoms with Crippen molar-refractivity contribution in [2.45, 2.75) is 26.8 Å². The molecule has 140 valence electrons. The van der Waals surface area contributed by atoms with Crippen molar-refractivity contribution in [1.82, 2.24) is 9.55 Å². The third kappa shape index (κ3) is 3.61. The molecule has 1 unspecified atom stereocenters. The van der Waals surface area contributed by atoms with E-state index in [2.05, 4.69) is 10.3 Å². The van der Waals surface area contributed by atoms with Crippen molar-refractivity contribution in [1.29, 1.82) is 0 Å². The normalized spacial score (nSPS) is 12.0. The van der Waals surface area contributed by atoms with Crippen LogP contribution in [-0.2, 0) is 9.53 Å². The number of ether oxygens (including phenoxy) is 1. The summed E-state index contributed by atoms with van der Waals surface area (Å²) >= 11 is 1.12. The Balaban J connectivity index is 1.96. The van der Waals surface area contributed by atoms with Gasteiger partial charge in [-0.3, -0.25) is 14.2 Å². The fourth-order valence-electron chi connectivity index (χ4n) is 2.70. The van der Waals surface area contributed by atoms with Gasteiger partial charge in [0.2, 0.25) is 5.91 Å². The average Bonchev–Trinajstić information content (AvgIpc) is 3.00. The number of benzene rings is 1. The zero-order chi connectivity index (χ0) is 19.6. The summed E-state index contributed by atoms with van der Waals surface area (Å²) in [6, 6.07) is 8.24. The topological polar surface area (TPSA) is 90.3 Å².